The van der Waals surface area contributed by atoms with Crippen molar-refractivity contribution in [1.82, 2.24) is 9.97 Å². The fourth-order valence-corrected chi connectivity index (χ4v) is 3.05. The van der Waals surface area contributed by atoms with Crippen molar-refractivity contribution in [3.8, 4) is 0 Å². The molecule has 0 radical (unpaired) electrons. The normalized spacial score (nSPS) is 11.0. The van der Waals surface area contributed by atoms with E-state index in [0.717, 1.165) is 16.3 Å². The molecule has 4 rings (SSSR count). The molecule has 128 valence electrons. The summed E-state index contributed by atoms with van der Waals surface area (Å²) < 4.78 is 5.08. The van der Waals surface area contributed by atoms with E-state index in [0.29, 0.717) is 11.1 Å². The number of rotatable bonds is 4. The molecule has 5 heteroatoms. The van der Waals surface area contributed by atoms with Crippen molar-refractivity contribution >= 4 is 33.6 Å². The Morgan fingerprint density at radius 1 is 1.00 bits per heavy atom. The Balaban J connectivity index is 2.00. The number of pyridine rings is 1. The van der Waals surface area contributed by atoms with E-state index in [2.05, 4.69) is 9.97 Å². The quantitative estimate of drug-likeness (QED) is 0.446. The van der Waals surface area contributed by atoms with Crippen LogP contribution in [-0.4, -0.2) is 28.3 Å². The zero-order valence-corrected chi connectivity index (χ0v) is 14.2. The van der Waals surface area contributed by atoms with E-state index in [1.165, 1.54) is 0 Å². The van der Waals surface area contributed by atoms with E-state index in [1.807, 2.05) is 30.3 Å². The van der Waals surface area contributed by atoms with Crippen LogP contribution in [0.15, 0.2) is 60.7 Å². The number of fused-ring (bicyclic) bond motifs is 3. The highest BCUT2D eigenvalue weighted by Gasteiger charge is 2.21. The second-order valence-corrected chi connectivity index (χ2v) is 5.86. The molecule has 5 nitrogen and oxygen atoms in total. The number of carbonyl (C=O) groups excluding carboxylic acids is 2. The number of benzene rings is 2. The summed E-state index contributed by atoms with van der Waals surface area (Å²) in [6.45, 7) is 1.98. The van der Waals surface area contributed by atoms with E-state index in [9.17, 15) is 9.59 Å². The number of ether oxygens (including phenoxy) is 1. The van der Waals surface area contributed by atoms with Gasteiger partial charge < -0.3 is 9.72 Å². The fourth-order valence-electron chi connectivity index (χ4n) is 3.05. The Morgan fingerprint density at radius 2 is 1.73 bits per heavy atom. The molecule has 0 aliphatic carbocycles. The molecule has 0 bridgehead atoms. The molecule has 0 saturated heterocycles. The van der Waals surface area contributed by atoms with Gasteiger partial charge in [0.2, 0.25) is 5.78 Å². The lowest BCUT2D eigenvalue weighted by Gasteiger charge is -2.06. The van der Waals surface area contributed by atoms with Gasteiger partial charge in [-0.2, -0.15) is 0 Å². The van der Waals surface area contributed by atoms with Crippen molar-refractivity contribution in [2.75, 3.05) is 6.61 Å². The third kappa shape index (κ3) is 2.63. The van der Waals surface area contributed by atoms with Crippen molar-refractivity contribution < 1.29 is 14.3 Å². The molecule has 2 aromatic heterocycles. The monoisotopic (exact) mass is 344 g/mol. The maximum atomic E-state index is 13.0. The fraction of sp³-hybridized carbons (Fsp3) is 0.0952. The van der Waals surface area contributed by atoms with Gasteiger partial charge >= 0.3 is 5.97 Å². The van der Waals surface area contributed by atoms with Crippen LogP contribution in [0.25, 0.3) is 21.8 Å². The second-order valence-electron chi connectivity index (χ2n) is 5.86. The van der Waals surface area contributed by atoms with Gasteiger partial charge in [0.25, 0.3) is 0 Å². The van der Waals surface area contributed by atoms with Crippen molar-refractivity contribution in [3.63, 3.8) is 0 Å². The number of para-hydroxylation sites is 1. The molecule has 0 fully saturated rings. The Kier molecular flexibility index (Phi) is 3.97. The minimum absolute atomic E-state index is 0.128. The Morgan fingerprint density at radius 3 is 2.50 bits per heavy atom. The van der Waals surface area contributed by atoms with E-state index in [4.69, 9.17) is 4.74 Å². The molecule has 0 saturated carbocycles. The van der Waals surface area contributed by atoms with Crippen LogP contribution in [0.4, 0.5) is 0 Å². The standard InChI is InChI=1S/C21H16N2O3/c1-2-26-21(25)17-12-15-14-10-6-7-11-16(14)22-18(15)19(23-17)20(24)13-8-4-3-5-9-13/h3-12,22H,2H2,1H3. The number of aromatic amines is 1. The lowest BCUT2D eigenvalue weighted by molar-refractivity contribution is 0.0519. The molecule has 0 aliphatic heterocycles. The summed E-state index contributed by atoms with van der Waals surface area (Å²) in [5.74, 6) is -0.782. The third-order valence-corrected chi connectivity index (χ3v) is 4.23. The lowest BCUT2D eigenvalue weighted by Crippen LogP contribution is -2.12. The predicted octanol–water partition coefficient (Wildman–Crippen LogP) is 4.12. The van der Waals surface area contributed by atoms with Crippen LogP contribution >= 0.6 is 0 Å². The molecule has 2 heterocycles. The summed E-state index contributed by atoms with van der Waals surface area (Å²) in [6.07, 6.45) is 0. The molecule has 0 amide bonds. The van der Waals surface area contributed by atoms with Crippen molar-refractivity contribution in [2.24, 2.45) is 0 Å². The first-order valence-electron chi connectivity index (χ1n) is 8.37. The highest BCUT2D eigenvalue weighted by molar-refractivity contribution is 6.19. The smallest absolute Gasteiger partial charge is 0.356 e. The number of aromatic nitrogens is 2. The summed E-state index contributed by atoms with van der Waals surface area (Å²) in [7, 11) is 0. The Labute approximate surface area is 149 Å². The van der Waals surface area contributed by atoms with Gasteiger partial charge in [-0.15, -0.1) is 0 Å². The first kappa shape index (κ1) is 16.0. The van der Waals surface area contributed by atoms with Crippen LogP contribution in [0.2, 0.25) is 0 Å². The number of H-pyrrole nitrogens is 1. The molecular weight excluding hydrogens is 328 g/mol. The van der Waals surface area contributed by atoms with E-state index in [1.54, 1.807) is 37.3 Å². The molecule has 0 atom stereocenters. The van der Waals surface area contributed by atoms with E-state index < -0.39 is 5.97 Å². The zero-order chi connectivity index (χ0) is 18.1. The number of hydrogen-bond acceptors (Lipinski definition) is 4. The highest BCUT2D eigenvalue weighted by atomic mass is 16.5. The van der Waals surface area contributed by atoms with Gasteiger partial charge in [-0.05, 0) is 19.1 Å². The summed E-state index contributed by atoms with van der Waals surface area (Å²) in [5, 5.41) is 1.70. The second kappa shape index (κ2) is 6.44. The van der Waals surface area contributed by atoms with Crippen LogP contribution in [0, 0.1) is 0 Å². The number of esters is 1. The molecule has 26 heavy (non-hydrogen) atoms. The van der Waals surface area contributed by atoms with Gasteiger partial charge in [0.1, 0.15) is 11.4 Å². The minimum Gasteiger partial charge on any atom is -0.461 e. The molecule has 2 aromatic carbocycles. The van der Waals surface area contributed by atoms with Gasteiger partial charge in [0.15, 0.2) is 0 Å². The van der Waals surface area contributed by atoms with Crippen molar-refractivity contribution in [3.05, 3.63) is 77.6 Å². The van der Waals surface area contributed by atoms with Crippen LogP contribution < -0.4 is 0 Å². The topological polar surface area (TPSA) is 72.1 Å². The highest BCUT2D eigenvalue weighted by Crippen LogP contribution is 2.29. The summed E-state index contributed by atoms with van der Waals surface area (Å²) in [4.78, 5) is 32.9. The van der Waals surface area contributed by atoms with E-state index in [-0.39, 0.29) is 23.8 Å². The summed E-state index contributed by atoms with van der Waals surface area (Å²) >= 11 is 0. The minimum atomic E-state index is -0.540. The molecule has 0 unspecified atom stereocenters. The molecule has 0 spiro atoms. The lowest BCUT2D eigenvalue weighted by atomic mass is 10.0. The Bertz CT molecular complexity index is 1130. The number of hydrogen-bond donors (Lipinski definition) is 1. The van der Waals surface area contributed by atoms with Crippen molar-refractivity contribution in [1.29, 1.82) is 0 Å². The number of carbonyl (C=O) groups is 2. The molecular formula is C21H16N2O3. The van der Waals surface area contributed by atoms with Crippen LogP contribution in [0.1, 0.15) is 33.5 Å². The maximum absolute atomic E-state index is 13.0. The van der Waals surface area contributed by atoms with Crippen molar-refractivity contribution in [2.45, 2.75) is 6.92 Å². The summed E-state index contributed by atoms with van der Waals surface area (Å²) in [6, 6.07) is 18.3. The SMILES string of the molecule is CCOC(=O)c1cc2c([nH]c3ccccc32)c(C(=O)c2ccccc2)n1. The third-order valence-electron chi connectivity index (χ3n) is 4.23. The largest absolute Gasteiger partial charge is 0.461 e. The Hall–Kier alpha value is -3.47. The average molecular weight is 344 g/mol. The van der Waals surface area contributed by atoms with Gasteiger partial charge in [0.05, 0.1) is 12.1 Å². The van der Waals surface area contributed by atoms with E-state index >= 15 is 0 Å². The van der Waals surface area contributed by atoms with Gasteiger partial charge in [-0.3, -0.25) is 4.79 Å². The van der Waals surface area contributed by atoms with Gasteiger partial charge in [-0.25, -0.2) is 9.78 Å². The molecule has 1 N–H and O–H groups in total. The van der Waals surface area contributed by atoms with Crippen LogP contribution in [0.3, 0.4) is 0 Å². The number of ketones is 1. The molecule has 4 aromatic rings. The van der Waals surface area contributed by atoms with Gasteiger partial charge in [0, 0.05) is 21.9 Å². The first-order valence-corrected chi connectivity index (χ1v) is 8.37. The zero-order valence-electron chi connectivity index (χ0n) is 14.2. The van der Waals surface area contributed by atoms with Gasteiger partial charge in [-0.1, -0.05) is 48.5 Å². The number of nitrogens with one attached hydrogen (secondary N) is 1. The maximum Gasteiger partial charge on any atom is 0.356 e. The van der Waals surface area contributed by atoms with Crippen LogP contribution in [-0.2, 0) is 4.74 Å². The first-order chi connectivity index (χ1) is 12.7. The number of nitrogens with zero attached hydrogens (tertiary/aromatic N) is 1. The predicted molar refractivity (Wildman–Crippen MR) is 99.4 cm³/mol. The summed E-state index contributed by atoms with van der Waals surface area (Å²) in [5.41, 5.74) is 2.36. The molecule has 0 aliphatic rings. The van der Waals surface area contributed by atoms with Crippen LogP contribution in [0.5, 0.6) is 0 Å². The average Bonchev–Trinajstić information content (AvgIpc) is 3.06.